The summed E-state index contributed by atoms with van der Waals surface area (Å²) >= 11 is 0. The van der Waals surface area contributed by atoms with Gasteiger partial charge in [0.2, 0.25) is 0 Å². The summed E-state index contributed by atoms with van der Waals surface area (Å²) in [5, 5.41) is 0. The van der Waals surface area contributed by atoms with E-state index in [1.807, 2.05) is 6.92 Å². The van der Waals surface area contributed by atoms with Crippen LogP contribution < -0.4 is 0 Å². The molecule has 0 radical (unpaired) electrons. The van der Waals surface area contributed by atoms with Gasteiger partial charge in [-0.2, -0.15) is 0 Å². The molecule has 1 heterocycles. The molecule has 0 unspecified atom stereocenters. The van der Waals surface area contributed by atoms with Crippen molar-refractivity contribution >= 4 is 6.08 Å². The highest BCUT2D eigenvalue weighted by atomic mass is 15.1. The lowest BCUT2D eigenvalue weighted by Gasteiger charge is -2.11. The van der Waals surface area contributed by atoms with Gasteiger partial charge >= 0.3 is 0 Å². The minimum absolute atomic E-state index is 0.458. The fourth-order valence-electron chi connectivity index (χ4n) is 1.45. The number of aryl methyl sites for hydroxylation is 1. The first-order valence-corrected chi connectivity index (χ1v) is 4.25. The smallest absolute Gasteiger partial charge is 0.132 e. The van der Waals surface area contributed by atoms with Gasteiger partial charge in [-0.05, 0) is 33.8 Å². The van der Waals surface area contributed by atoms with Crippen molar-refractivity contribution in [2.75, 3.05) is 0 Å². The number of rotatable bonds is 2. The molecule has 0 bridgehead atoms. The maximum atomic E-state index is 4.39. The number of nitrogens with zero attached hydrogens (tertiary/aromatic N) is 2. The van der Waals surface area contributed by atoms with Crippen molar-refractivity contribution in [2.45, 2.75) is 33.7 Å². The normalized spacial score (nSPS) is 10.8. The molecule has 0 aliphatic rings. The maximum Gasteiger partial charge on any atom is 0.132 e. The van der Waals surface area contributed by atoms with Gasteiger partial charge in [0.15, 0.2) is 0 Å². The summed E-state index contributed by atoms with van der Waals surface area (Å²) in [7, 11) is 0. The van der Waals surface area contributed by atoms with Crippen molar-refractivity contribution in [3.63, 3.8) is 0 Å². The molecule has 1 rings (SSSR count). The van der Waals surface area contributed by atoms with Crippen LogP contribution in [0.25, 0.3) is 6.08 Å². The third-order valence-electron chi connectivity index (χ3n) is 2.11. The SMILES string of the molecule is C=Cc1nc(C)c(C)n1C(C)C. The lowest BCUT2D eigenvalue weighted by molar-refractivity contribution is 0.580. The summed E-state index contributed by atoms with van der Waals surface area (Å²) in [6.07, 6.45) is 1.81. The van der Waals surface area contributed by atoms with Gasteiger partial charge in [-0.1, -0.05) is 6.58 Å². The Kier molecular flexibility index (Phi) is 2.36. The Morgan fingerprint density at radius 3 is 2.33 bits per heavy atom. The second kappa shape index (κ2) is 3.13. The summed E-state index contributed by atoms with van der Waals surface area (Å²) < 4.78 is 2.20. The summed E-state index contributed by atoms with van der Waals surface area (Å²) in [4.78, 5) is 4.39. The molecule has 0 atom stereocenters. The minimum atomic E-state index is 0.458. The van der Waals surface area contributed by atoms with Gasteiger partial charge in [0.1, 0.15) is 5.82 Å². The van der Waals surface area contributed by atoms with Crippen LogP contribution in [-0.2, 0) is 0 Å². The van der Waals surface area contributed by atoms with E-state index in [9.17, 15) is 0 Å². The summed E-state index contributed by atoms with van der Waals surface area (Å²) in [5.74, 6) is 0.972. The second-order valence-corrected chi connectivity index (χ2v) is 3.31. The van der Waals surface area contributed by atoms with Crippen LogP contribution in [0.1, 0.15) is 37.1 Å². The van der Waals surface area contributed by atoms with Gasteiger partial charge in [-0.25, -0.2) is 4.98 Å². The van der Waals surface area contributed by atoms with Crippen molar-refractivity contribution in [1.82, 2.24) is 9.55 Å². The van der Waals surface area contributed by atoms with E-state index in [4.69, 9.17) is 0 Å². The zero-order valence-corrected chi connectivity index (χ0v) is 8.26. The van der Waals surface area contributed by atoms with E-state index in [0.717, 1.165) is 11.5 Å². The van der Waals surface area contributed by atoms with E-state index in [2.05, 4.69) is 36.9 Å². The van der Waals surface area contributed by atoms with Crippen LogP contribution in [0.2, 0.25) is 0 Å². The van der Waals surface area contributed by atoms with Crippen LogP contribution >= 0.6 is 0 Å². The van der Waals surface area contributed by atoms with E-state index < -0.39 is 0 Å². The molecular weight excluding hydrogens is 148 g/mol. The predicted octanol–water partition coefficient (Wildman–Crippen LogP) is 2.72. The molecule has 0 fully saturated rings. The molecule has 0 saturated heterocycles. The third-order valence-corrected chi connectivity index (χ3v) is 2.11. The summed E-state index contributed by atoms with van der Waals surface area (Å²) in [5.41, 5.74) is 2.33. The zero-order valence-electron chi connectivity index (χ0n) is 8.26. The molecule has 0 spiro atoms. The zero-order chi connectivity index (χ0) is 9.30. The van der Waals surface area contributed by atoms with E-state index in [1.54, 1.807) is 6.08 Å². The Labute approximate surface area is 73.9 Å². The fraction of sp³-hybridized carbons (Fsp3) is 0.500. The number of hydrogen-bond acceptors (Lipinski definition) is 1. The molecule has 0 saturated carbocycles. The first-order chi connectivity index (χ1) is 5.57. The van der Waals surface area contributed by atoms with Gasteiger partial charge in [0.25, 0.3) is 0 Å². The number of imidazole rings is 1. The molecule has 1 aromatic rings. The van der Waals surface area contributed by atoms with Crippen molar-refractivity contribution in [3.8, 4) is 0 Å². The number of hydrogen-bond donors (Lipinski definition) is 0. The average molecular weight is 164 g/mol. The molecule has 0 aliphatic carbocycles. The van der Waals surface area contributed by atoms with E-state index in [-0.39, 0.29) is 0 Å². The van der Waals surface area contributed by atoms with Gasteiger partial charge in [0.05, 0.1) is 5.69 Å². The van der Waals surface area contributed by atoms with Crippen molar-refractivity contribution in [3.05, 3.63) is 23.8 Å². The molecular formula is C10H16N2. The lowest BCUT2D eigenvalue weighted by atomic mass is 10.3. The predicted molar refractivity (Wildman–Crippen MR) is 52.2 cm³/mol. The quantitative estimate of drug-likeness (QED) is 0.657. The van der Waals surface area contributed by atoms with Crippen molar-refractivity contribution in [2.24, 2.45) is 0 Å². The highest BCUT2D eigenvalue weighted by molar-refractivity contribution is 5.40. The Bertz CT molecular complexity index is 295. The van der Waals surface area contributed by atoms with Crippen LogP contribution in [-0.4, -0.2) is 9.55 Å². The van der Waals surface area contributed by atoms with Crippen LogP contribution in [0.5, 0.6) is 0 Å². The standard InChI is InChI=1S/C10H16N2/c1-6-10-11-8(4)9(5)12(10)7(2)3/h6-7H,1H2,2-5H3. The van der Waals surface area contributed by atoms with Crippen LogP contribution in [0.3, 0.4) is 0 Å². The Morgan fingerprint density at radius 2 is 2.00 bits per heavy atom. The Hall–Kier alpha value is -1.05. The molecule has 66 valence electrons. The lowest BCUT2D eigenvalue weighted by Crippen LogP contribution is -2.04. The molecule has 0 N–H and O–H groups in total. The van der Waals surface area contributed by atoms with Gasteiger partial charge < -0.3 is 4.57 Å². The van der Waals surface area contributed by atoms with Crippen LogP contribution in [0, 0.1) is 13.8 Å². The van der Waals surface area contributed by atoms with Crippen LogP contribution in [0.15, 0.2) is 6.58 Å². The minimum Gasteiger partial charge on any atom is -0.326 e. The van der Waals surface area contributed by atoms with E-state index in [1.165, 1.54) is 5.69 Å². The fourth-order valence-corrected chi connectivity index (χ4v) is 1.45. The second-order valence-electron chi connectivity index (χ2n) is 3.31. The average Bonchev–Trinajstić information content (AvgIpc) is 2.28. The monoisotopic (exact) mass is 164 g/mol. The van der Waals surface area contributed by atoms with E-state index >= 15 is 0 Å². The number of aromatic nitrogens is 2. The maximum absolute atomic E-state index is 4.39. The molecule has 0 amide bonds. The molecule has 0 aliphatic heterocycles. The van der Waals surface area contributed by atoms with Crippen molar-refractivity contribution < 1.29 is 0 Å². The third kappa shape index (κ3) is 1.29. The van der Waals surface area contributed by atoms with Gasteiger partial charge in [0, 0.05) is 11.7 Å². The topological polar surface area (TPSA) is 17.8 Å². The van der Waals surface area contributed by atoms with Gasteiger partial charge in [-0.3, -0.25) is 0 Å². The first kappa shape index (κ1) is 9.04. The first-order valence-electron chi connectivity index (χ1n) is 4.25. The highest BCUT2D eigenvalue weighted by Gasteiger charge is 2.09. The Morgan fingerprint density at radius 1 is 1.42 bits per heavy atom. The van der Waals surface area contributed by atoms with Gasteiger partial charge in [-0.15, -0.1) is 0 Å². The van der Waals surface area contributed by atoms with Crippen LogP contribution in [0.4, 0.5) is 0 Å². The summed E-state index contributed by atoms with van der Waals surface area (Å²) in [6, 6.07) is 0.458. The Balaban J connectivity index is 3.30. The molecule has 2 heteroatoms. The highest BCUT2D eigenvalue weighted by Crippen LogP contribution is 2.16. The largest absolute Gasteiger partial charge is 0.326 e. The molecule has 12 heavy (non-hydrogen) atoms. The molecule has 2 nitrogen and oxygen atoms in total. The summed E-state index contributed by atoms with van der Waals surface area (Å²) in [6.45, 7) is 12.2. The molecule has 1 aromatic heterocycles. The molecule has 0 aromatic carbocycles. The van der Waals surface area contributed by atoms with Crippen molar-refractivity contribution in [1.29, 1.82) is 0 Å². The van der Waals surface area contributed by atoms with E-state index in [0.29, 0.717) is 6.04 Å².